The predicted octanol–water partition coefficient (Wildman–Crippen LogP) is 3.42. The molecule has 4 N–H and O–H groups in total. The first-order valence-corrected chi connectivity index (χ1v) is 8.06. The smallest absolute Gasteiger partial charge is 0.312 e. The summed E-state index contributed by atoms with van der Waals surface area (Å²) in [4.78, 5) is 23.3. The van der Waals surface area contributed by atoms with Crippen LogP contribution in [0, 0.1) is 12.8 Å². The van der Waals surface area contributed by atoms with Crippen molar-refractivity contribution in [1.82, 2.24) is 5.32 Å². The Morgan fingerprint density at radius 1 is 0.960 bits per heavy atom. The van der Waals surface area contributed by atoms with E-state index in [0.29, 0.717) is 11.4 Å². The molecule has 0 aliphatic rings. The monoisotopic (exact) mass is 341 g/mol. The molecule has 2 rings (SSSR count). The van der Waals surface area contributed by atoms with Crippen LogP contribution in [0.1, 0.15) is 19.4 Å². The molecule has 132 valence electrons. The molecule has 0 aliphatic heterocycles. The molecule has 0 heterocycles. The van der Waals surface area contributed by atoms with Crippen LogP contribution in [-0.4, -0.2) is 18.0 Å². The average molecular weight is 341 g/mol. The number of ether oxygens (including phenoxy) is 1. The van der Waals surface area contributed by atoms with Gasteiger partial charge in [-0.3, -0.25) is 4.79 Å². The van der Waals surface area contributed by atoms with Gasteiger partial charge in [0.2, 0.25) is 5.91 Å². The van der Waals surface area contributed by atoms with Crippen molar-refractivity contribution in [1.29, 1.82) is 0 Å². The lowest BCUT2D eigenvalue weighted by atomic mass is 10.0. The molecule has 1 unspecified atom stereocenters. The van der Waals surface area contributed by atoms with E-state index in [1.54, 1.807) is 24.3 Å². The van der Waals surface area contributed by atoms with Gasteiger partial charge in [0.05, 0.1) is 0 Å². The van der Waals surface area contributed by atoms with Gasteiger partial charge < -0.3 is 21.1 Å². The maximum Gasteiger partial charge on any atom is 0.312 e. The maximum atomic E-state index is 12.3. The first-order valence-electron chi connectivity index (χ1n) is 8.06. The largest absolute Gasteiger partial charge is 0.457 e. The highest BCUT2D eigenvalue weighted by Gasteiger charge is 2.23. The summed E-state index contributed by atoms with van der Waals surface area (Å²) in [5, 5.41) is 5.21. The van der Waals surface area contributed by atoms with Crippen LogP contribution in [0.2, 0.25) is 0 Å². The van der Waals surface area contributed by atoms with Gasteiger partial charge in [0.1, 0.15) is 17.5 Å². The van der Waals surface area contributed by atoms with E-state index < -0.39 is 12.1 Å². The zero-order valence-electron chi connectivity index (χ0n) is 14.6. The molecule has 6 nitrogen and oxygen atoms in total. The van der Waals surface area contributed by atoms with Gasteiger partial charge >= 0.3 is 6.03 Å². The predicted molar refractivity (Wildman–Crippen MR) is 97.7 cm³/mol. The van der Waals surface area contributed by atoms with Gasteiger partial charge in [0.25, 0.3) is 0 Å². The maximum absolute atomic E-state index is 12.3. The van der Waals surface area contributed by atoms with Crippen LogP contribution in [0.4, 0.5) is 10.5 Å². The van der Waals surface area contributed by atoms with Crippen LogP contribution in [-0.2, 0) is 4.79 Å². The van der Waals surface area contributed by atoms with Crippen molar-refractivity contribution in [2.24, 2.45) is 11.7 Å². The molecular formula is C19H23N3O3. The minimum atomic E-state index is -0.726. The van der Waals surface area contributed by atoms with Gasteiger partial charge in [-0.25, -0.2) is 4.79 Å². The van der Waals surface area contributed by atoms with Crippen LogP contribution in [0.3, 0.4) is 0 Å². The third-order valence-electron chi connectivity index (χ3n) is 3.63. The zero-order valence-corrected chi connectivity index (χ0v) is 14.6. The fourth-order valence-corrected chi connectivity index (χ4v) is 2.26. The molecule has 0 aliphatic carbocycles. The van der Waals surface area contributed by atoms with E-state index >= 15 is 0 Å². The van der Waals surface area contributed by atoms with Crippen LogP contribution in [0.15, 0.2) is 48.5 Å². The summed E-state index contributed by atoms with van der Waals surface area (Å²) in [6.45, 7) is 5.68. The molecule has 0 fully saturated rings. The molecule has 0 bridgehead atoms. The summed E-state index contributed by atoms with van der Waals surface area (Å²) < 4.78 is 5.75. The molecule has 3 amide bonds. The highest BCUT2D eigenvalue weighted by atomic mass is 16.5. The van der Waals surface area contributed by atoms with E-state index in [2.05, 4.69) is 10.6 Å². The number of rotatable bonds is 6. The lowest BCUT2D eigenvalue weighted by molar-refractivity contribution is -0.118. The molecular weight excluding hydrogens is 318 g/mol. The summed E-state index contributed by atoms with van der Waals surface area (Å²) >= 11 is 0. The van der Waals surface area contributed by atoms with Gasteiger partial charge in [0.15, 0.2) is 0 Å². The minimum Gasteiger partial charge on any atom is -0.457 e. The van der Waals surface area contributed by atoms with E-state index in [1.165, 1.54) is 0 Å². The number of benzene rings is 2. The van der Waals surface area contributed by atoms with Gasteiger partial charge in [-0.05, 0) is 49.2 Å². The second-order valence-corrected chi connectivity index (χ2v) is 6.16. The SMILES string of the molecule is Cc1ccc(Oc2ccc(NC(=O)C(NC(N)=O)C(C)C)cc2)cc1. The van der Waals surface area contributed by atoms with E-state index in [4.69, 9.17) is 10.5 Å². The number of carbonyl (C=O) groups is 2. The van der Waals surface area contributed by atoms with E-state index in [-0.39, 0.29) is 11.8 Å². The second kappa shape index (κ2) is 8.19. The Kier molecular flexibility index (Phi) is 6.00. The number of hydrogen-bond donors (Lipinski definition) is 3. The number of amides is 3. The summed E-state index contributed by atoms with van der Waals surface area (Å²) in [5.74, 6) is 1.00. The van der Waals surface area contributed by atoms with E-state index in [0.717, 1.165) is 11.3 Å². The number of hydrogen-bond acceptors (Lipinski definition) is 3. The number of nitrogens with two attached hydrogens (primary N) is 1. The average Bonchev–Trinajstić information content (AvgIpc) is 2.56. The molecule has 0 saturated carbocycles. The number of anilines is 1. The van der Waals surface area contributed by atoms with Gasteiger partial charge in [-0.15, -0.1) is 0 Å². The summed E-state index contributed by atoms with van der Waals surface area (Å²) in [5.41, 5.74) is 6.89. The van der Waals surface area contributed by atoms with E-state index in [9.17, 15) is 9.59 Å². The Morgan fingerprint density at radius 3 is 1.96 bits per heavy atom. The van der Waals surface area contributed by atoms with Gasteiger partial charge in [0, 0.05) is 5.69 Å². The Hall–Kier alpha value is -3.02. The van der Waals surface area contributed by atoms with Gasteiger partial charge in [-0.2, -0.15) is 0 Å². The first-order chi connectivity index (χ1) is 11.8. The van der Waals surface area contributed by atoms with Crippen molar-refractivity contribution in [2.75, 3.05) is 5.32 Å². The molecule has 1 atom stereocenters. The molecule has 0 spiro atoms. The summed E-state index contributed by atoms with van der Waals surface area (Å²) in [6.07, 6.45) is 0. The number of primary amides is 1. The van der Waals surface area contributed by atoms with Crippen molar-refractivity contribution >= 4 is 17.6 Å². The quantitative estimate of drug-likeness (QED) is 0.751. The van der Waals surface area contributed by atoms with Crippen molar-refractivity contribution < 1.29 is 14.3 Å². The fraction of sp³-hybridized carbons (Fsp3) is 0.263. The molecule has 0 radical (unpaired) electrons. The van der Waals surface area contributed by atoms with Crippen LogP contribution in [0.25, 0.3) is 0 Å². The summed E-state index contributed by atoms with van der Waals surface area (Å²) in [6, 6.07) is 13.3. The topological polar surface area (TPSA) is 93.4 Å². The minimum absolute atomic E-state index is 0.0864. The number of urea groups is 1. The Morgan fingerprint density at radius 2 is 1.48 bits per heavy atom. The van der Waals surface area contributed by atoms with Crippen molar-refractivity contribution in [3.05, 3.63) is 54.1 Å². The van der Waals surface area contributed by atoms with Crippen LogP contribution in [0.5, 0.6) is 11.5 Å². The fourth-order valence-electron chi connectivity index (χ4n) is 2.26. The normalized spacial score (nSPS) is 11.7. The molecule has 0 aromatic heterocycles. The standard InChI is InChI=1S/C19H23N3O3/c1-12(2)17(22-19(20)24)18(23)21-14-6-10-16(11-7-14)25-15-8-4-13(3)5-9-15/h4-12,17H,1-3H3,(H,21,23)(H3,20,22,24). The lowest BCUT2D eigenvalue weighted by Crippen LogP contribution is -2.49. The summed E-state index contributed by atoms with van der Waals surface area (Å²) in [7, 11) is 0. The Labute approximate surface area is 147 Å². The molecule has 2 aromatic rings. The van der Waals surface area contributed by atoms with Crippen molar-refractivity contribution in [3.8, 4) is 11.5 Å². The lowest BCUT2D eigenvalue weighted by Gasteiger charge is -2.20. The van der Waals surface area contributed by atoms with Crippen LogP contribution >= 0.6 is 0 Å². The highest BCUT2D eigenvalue weighted by molar-refractivity contribution is 5.97. The highest BCUT2D eigenvalue weighted by Crippen LogP contribution is 2.23. The van der Waals surface area contributed by atoms with Crippen molar-refractivity contribution in [3.63, 3.8) is 0 Å². The molecule has 0 saturated heterocycles. The number of carbonyl (C=O) groups excluding carboxylic acids is 2. The Bertz CT molecular complexity index is 725. The zero-order chi connectivity index (χ0) is 18.4. The third kappa shape index (κ3) is 5.53. The van der Waals surface area contributed by atoms with Crippen molar-refractivity contribution in [2.45, 2.75) is 26.8 Å². The second-order valence-electron chi connectivity index (χ2n) is 6.16. The first kappa shape index (κ1) is 18.3. The van der Waals surface area contributed by atoms with Crippen LogP contribution < -0.4 is 21.1 Å². The van der Waals surface area contributed by atoms with E-state index in [1.807, 2.05) is 45.0 Å². The number of aryl methyl sites for hydroxylation is 1. The van der Waals surface area contributed by atoms with Gasteiger partial charge in [-0.1, -0.05) is 31.5 Å². The molecule has 25 heavy (non-hydrogen) atoms. The number of nitrogens with one attached hydrogen (secondary N) is 2. The third-order valence-corrected chi connectivity index (χ3v) is 3.63. The Balaban J connectivity index is 2.00. The molecule has 6 heteroatoms. The molecule has 2 aromatic carbocycles.